The third-order valence-corrected chi connectivity index (χ3v) is 3.82. The number of aromatic nitrogens is 1. The maximum atomic E-state index is 5.86. The Morgan fingerprint density at radius 3 is 1.50 bits per heavy atom. The van der Waals surface area contributed by atoms with E-state index in [0.29, 0.717) is 6.54 Å². The lowest BCUT2D eigenvalue weighted by Gasteiger charge is -2.09. The van der Waals surface area contributed by atoms with Crippen LogP contribution in [-0.4, -0.2) is 4.98 Å². The molecule has 2 nitrogen and oxygen atoms in total. The summed E-state index contributed by atoms with van der Waals surface area (Å²) in [5, 5.41) is 0. The molecule has 2 aromatic carbocycles. The molecule has 2 N–H and O–H groups in total. The van der Waals surface area contributed by atoms with E-state index in [1.165, 1.54) is 11.1 Å². The maximum Gasteiger partial charge on any atom is 0.0712 e. The van der Waals surface area contributed by atoms with E-state index < -0.39 is 0 Å². The fourth-order valence-electron chi connectivity index (χ4n) is 2.45. The summed E-state index contributed by atoms with van der Waals surface area (Å²) in [4.78, 5) is 4.83. The van der Waals surface area contributed by atoms with Crippen LogP contribution in [0.15, 0.2) is 60.7 Å². The van der Waals surface area contributed by atoms with Gasteiger partial charge in [-0.2, -0.15) is 0 Å². The van der Waals surface area contributed by atoms with E-state index in [1.807, 2.05) is 0 Å². The minimum absolute atomic E-state index is 0.514. The Bertz CT molecular complexity index is 708. The van der Waals surface area contributed by atoms with E-state index in [2.05, 4.69) is 74.5 Å². The van der Waals surface area contributed by atoms with E-state index in [0.717, 1.165) is 28.1 Å². The van der Waals surface area contributed by atoms with Crippen molar-refractivity contribution in [3.05, 3.63) is 77.4 Å². The number of benzene rings is 2. The van der Waals surface area contributed by atoms with Gasteiger partial charge in [-0.1, -0.05) is 59.7 Å². The summed E-state index contributed by atoms with van der Waals surface area (Å²) in [6.07, 6.45) is 0. The van der Waals surface area contributed by atoms with Gasteiger partial charge in [0, 0.05) is 17.7 Å². The van der Waals surface area contributed by atoms with Crippen LogP contribution in [0.5, 0.6) is 0 Å². The van der Waals surface area contributed by atoms with Crippen LogP contribution in [0.1, 0.15) is 16.7 Å². The third kappa shape index (κ3) is 3.07. The number of nitrogens with two attached hydrogens (primary N) is 1. The van der Waals surface area contributed by atoms with Crippen molar-refractivity contribution in [2.24, 2.45) is 5.73 Å². The molecule has 0 aliphatic carbocycles. The van der Waals surface area contributed by atoms with Crippen LogP contribution in [0.2, 0.25) is 0 Å². The molecule has 110 valence electrons. The average Bonchev–Trinajstić information content (AvgIpc) is 2.55. The maximum absolute atomic E-state index is 5.86. The first kappa shape index (κ1) is 14.5. The Balaban J connectivity index is 2.10. The normalized spacial score (nSPS) is 10.7. The molecule has 0 radical (unpaired) electrons. The molecule has 0 aliphatic heterocycles. The molecule has 22 heavy (non-hydrogen) atoms. The van der Waals surface area contributed by atoms with Crippen LogP contribution in [0.4, 0.5) is 0 Å². The second kappa shape index (κ2) is 6.12. The third-order valence-electron chi connectivity index (χ3n) is 3.82. The molecular weight excluding hydrogens is 268 g/mol. The van der Waals surface area contributed by atoms with Crippen LogP contribution in [-0.2, 0) is 6.54 Å². The minimum Gasteiger partial charge on any atom is -0.326 e. The molecule has 0 amide bonds. The summed E-state index contributed by atoms with van der Waals surface area (Å²) in [6.45, 7) is 4.69. The zero-order chi connectivity index (χ0) is 15.5. The fourth-order valence-corrected chi connectivity index (χ4v) is 2.45. The summed E-state index contributed by atoms with van der Waals surface area (Å²) < 4.78 is 0. The lowest BCUT2D eigenvalue weighted by Crippen LogP contribution is -1.99. The van der Waals surface area contributed by atoms with Gasteiger partial charge in [-0.25, -0.2) is 4.98 Å². The molecule has 0 aliphatic rings. The monoisotopic (exact) mass is 288 g/mol. The van der Waals surface area contributed by atoms with Crippen LogP contribution in [0.25, 0.3) is 22.5 Å². The van der Waals surface area contributed by atoms with Gasteiger partial charge in [-0.15, -0.1) is 0 Å². The van der Waals surface area contributed by atoms with E-state index in [1.54, 1.807) is 0 Å². The average molecular weight is 288 g/mol. The molecule has 1 heterocycles. The van der Waals surface area contributed by atoms with Crippen molar-refractivity contribution >= 4 is 0 Å². The van der Waals surface area contributed by atoms with Crippen molar-refractivity contribution in [3.8, 4) is 22.5 Å². The first-order chi connectivity index (χ1) is 10.7. The van der Waals surface area contributed by atoms with Crippen molar-refractivity contribution in [2.45, 2.75) is 20.4 Å². The van der Waals surface area contributed by atoms with Crippen molar-refractivity contribution < 1.29 is 0 Å². The van der Waals surface area contributed by atoms with Gasteiger partial charge in [0.15, 0.2) is 0 Å². The molecule has 1 aromatic heterocycles. The van der Waals surface area contributed by atoms with Gasteiger partial charge in [0.1, 0.15) is 0 Å². The molecule has 0 saturated carbocycles. The Labute approximate surface area is 131 Å². The topological polar surface area (TPSA) is 38.9 Å². The van der Waals surface area contributed by atoms with E-state index in [4.69, 9.17) is 10.7 Å². The van der Waals surface area contributed by atoms with Crippen LogP contribution >= 0.6 is 0 Å². The van der Waals surface area contributed by atoms with E-state index in [-0.39, 0.29) is 0 Å². The van der Waals surface area contributed by atoms with Gasteiger partial charge >= 0.3 is 0 Å². The fraction of sp³-hybridized carbons (Fsp3) is 0.150. The van der Waals surface area contributed by atoms with Gasteiger partial charge in [0.25, 0.3) is 0 Å². The number of rotatable bonds is 3. The van der Waals surface area contributed by atoms with Crippen LogP contribution < -0.4 is 5.73 Å². The number of hydrogen-bond acceptors (Lipinski definition) is 2. The molecule has 0 atom stereocenters. The van der Waals surface area contributed by atoms with Crippen LogP contribution in [0.3, 0.4) is 0 Å². The van der Waals surface area contributed by atoms with Crippen molar-refractivity contribution in [2.75, 3.05) is 0 Å². The highest BCUT2D eigenvalue weighted by Crippen LogP contribution is 2.25. The molecule has 0 fully saturated rings. The number of pyridine rings is 1. The first-order valence-corrected chi connectivity index (χ1v) is 7.51. The Morgan fingerprint density at radius 2 is 1.14 bits per heavy atom. The highest BCUT2D eigenvalue weighted by molar-refractivity contribution is 5.67. The number of aryl methyl sites for hydroxylation is 2. The molecule has 0 bridgehead atoms. The number of hydrogen-bond donors (Lipinski definition) is 1. The quantitative estimate of drug-likeness (QED) is 0.771. The van der Waals surface area contributed by atoms with E-state index in [9.17, 15) is 0 Å². The van der Waals surface area contributed by atoms with Gasteiger partial charge in [-0.05, 0) is 31.5 Å². The first-order valence-electron chi connectivity index (χ1n) is 7.51. The van der Waals surface area contributed by atoms with Crippen molar-refractivity contribution in [1.82, 2.24) is 4.98 Å². The lowest BCUT2D eigenvalue weighted by molar-refractivity contribution is 1.06. The Kier molecular flexibility index (Phi) is 4.03. The van der Waals surface area contributed by atoms with Crippen LogP contribution in [0, 0.1) is 13.8 Å². The van der Waals surface area contributed by atoms with Crippen molar-refractivity contribution in [3.63, 3.8) is 0 Å². The largest absolute Gasteiger partial charge is 0.326 e. The zero-order valence-electron chi connectivity index (χ0n) is 13.0. The Hall–Kier alpha value is -2.45. The molecule has 0 unspecified atom stereocenters. The highest BCUT2D eigenvalue weighted by atomic mass is 14.7. The SMILES string of the molecule is Cc1ccc(-c2cc(CN)cc(-c3ccc(C)cc3)n2)cc1. The van der Waals surface area contributed by atoms with Gasteiger partial charge < -0.3 is 5.73 Å². The van der Waals surface area contributed by atoms with Gasteiger partial charge in [0.05, 0.1) is 11.4 Å². The molecule has 0 saturated heterocycles. The standard InChI is InChI=1S/C20H20N2/c1-14-3-7-17(8-4-14)19-11-16(13-21)12-20(22-19)18-9-5-15(2)6-10-18/h3-12H,13,21H2,1-2H3. The minimum atomic E-state index is 0.514. The highest BCUT2D eigenvalue weighted by Gasteiger charge is 2.06. The van der Waals surface area contributed by atoms with Crippen molar-refractivity contribution in [1.29, 1.82) is 0 Å². The molecule has 3 aromatic rings. The predicted octanol–water partition coefficient (Wildman–Crippen LogP) is 4.49. The Morgan fingerprint density at radius 1 is 0.727 bits per heavy atom. The summed E-state index contributed by atoms with van der Waals surface area (Å²) >= 11 is 0. The summed E-state index contributed by atoms with van der Waals surface area (Å²) in [5.74, 6) is 0. The summed E-state index contributed by atoms with van der Waals surface area (Å²) in [7, 11) is 0. The van der Waals surface area contributed by atoms with Gasteiger partial charge in [0.2, 0.25) is 0 Å². The zero-order valence-corrected chi connectivity index (χ0v) is 13.0. The molecule has 2 heteroatoms. The lowest BCUT2D eigenvalue weighted by atomic mass is 10.0. The molecular formula is C20H20N2. The predicted molar refractivity (Wildman–Crippen MR) is 92.5 cm³/mol. The molecule has 3 rings (SSSR count). The summed E-state index contributed by atoms with van der Waals surface area (Å²) in [6, 6.07) is 21.0. The van der Waals surface area contributed by atoms with Gasteiger partial charge in [-0.3, -0.25) is 0 Å². The smallest absolute Gasteiger partial charge is 0.0712 e. The number of nitrogens with zero attached hydrogens (tertiary/aromatic N) is 1. The van der Waals surface area contributed by atoms with E-state index >= 15 is 0 Å². The molecule has 0 spiro atoms. The summed E-state index contributed by atoms with van der Waals surface area (Å²) in [5.41, 5.74) is 13.6. The second-order valence-corrected chi connectivity index (χ2v) is 5.68. The second-order valence-electron chi connectivity index (χ2n) is 5.68.